The monoisotopic (exact) mass is 472 g/mol. The predicted molar refractivity (Wildman–Crippen MR) is 109 cm³/mol. The molecule has 154 valence electrons. The molecule has 0 aromatic heterocycles. The highest BCUT2D eigenvalue weighted by Crippen LogP contribution is 2.43. The van der Waals surface area contributed by atoms with Crippen molar-refractivity contribution in [2.45, 2.75) is 70.0 Å². The molecule has 1 saturated heterocycles. The van der Waals surface area contributed by atoms with Gasteiger partial charge in [0.1, 0.15) is 18.0 Å². The third-order valence-electron chi connectivity index (χ3n) is 4.77. The number of halogens is 1. The van der Waals surface area contributed by atoms with Gasteiger partial charge in [-0.2, -0.15) is 8.42 Å². The zero-order chi connectivity index (χ0) is 20.5. The van der Waals surface area contributed by atoms with Gasteiger partial charge in [-0.25, -0.2) is 0 Å². The fraction of sp³-hybridized carbons (Fsp3) is 0.941. The summed E-state index contributed by atoms with van der Waals surface area (Å²) in [4.78, 5) is 11.4. The van der Waals surface area contributed by atoms with E-state index >= 15 is 0 Å². The molecule has 0 unspecified atom stereocenters. The van der Waals surface area contributed by atoms with Crippen LogP contribution in [0.4, 0.5) is 0 Å². The number of carbonyl (C=O) groups is 1. The Labute approximate surface area is 167 Å². The fourth-order valence-electron chi connectivity index (χ4n) is 3.52. The molecule has 0 radical (unpaired) electrons. The van der Waals surface area contributed by atoms with Crippen molar-refractivity contribution >= 4 is 40.7 Å². The quantitative estimate of drug-likeness (QED) is 0.222. The summed E-state index contributed by atoms with van der Waals surface area (Å²) in [5.74, 6) is -0.552. The summed E-state index contributed by atoms with van der Waals surface area (Å²) in [6, 6.07) is 0. The summed E-state index contributed by atoms with van der Waals surface area (Å²) in [6.45, 7) is 14.2. The minimum atomic E-state index is -3.73. The zero-order valence-electron chi connectivity index (χ0n) is 17.0. The van der Waals surface area contributed by atoms with Crippen molar-refractivity contribution in [3.63, 3.8) is 0 Å². The van der Waals surface area contributed by atoms with Crippen molar-refractivity contribution in [1.29, 1.82) is 0 Å². The molecule has 1 heterocycles. The van der Waals surface area contributed by atoms with E-state index in [9.17, 15) is 13.2 Å². The van der Waals surface area contributed by atoms with Gasteiger partial charge in [-0.1, -0.05) is 36.7 Å². The Bertz CT molecular complexity index is 593. The molecule has 7 atom stereocenters. The average molecular weight is 474 g/mol. The molecule has 1 rings (SSSR count). The number of rotatable bonds is 9. The van der Waals surface area contributed by atoms with Crippen LogP contribution in [-0.4, -0.2) is 58.5 Å². The van der Waals surface area contributed by atoms with E-state index in [1.165, 1.54) is 0 Å². The maximum absolute atomic E-state index is 12.0. The molecule has 0 N–H and O–H groups in total. The highest BCUT2D eigenvalue weighted by Gasteiger charge is 2.54. The van der Waals surface area contributed by atoms with E-state index < -0.39 is 42.2 Å². The van der Waals surface area contributed by atoms with Gasteiger partial charge in [0.15, 0.2) is 8.32 Å². The summed E-state index contributed by atoms with van der Waals surface area (Å²) >= 11 is 3.67. The number of carbonyl (C=O) groups excluding carboxylic acids is 1. The molecule has 0 saturated carbocycles. The molecule has 26 heavy (non-hydrogen) atoms. The summed E-state index contributed by atoms with van der Waals surface area (Å²) in [5.41, 5.74) is -0.856. The molecular weight excluding hydrogens is 440 g/mol. The van der Waals surface area contributed by atoms with Gasteiger partial charge in [0.05, 0.1) is 23.8 Å². The molecule has 1 aliphatic heterocycles. The Morgan fingerprint density at radius 2 is 1.85 bits per heavy atom. The highest BCUT2D eigenvalue weighted by atomic mass is 79.9. The Morgan fingerprint density at radius 3 is 2.19 bits per heavy atom. The van der Waals surface area contributed by atoms with Crippen LogP contribution in [0.5, 0.6) is 0 Å². The van der Waals surface area contributed by atoms with Crippen LogP contribution in [0.2, 0.25) is 19.6 Å². The van der Waals surface area contributed by atoms with E-state index in [-0.39, 0.29) is 16.7 Å². The Hall–Kier alpha value is 0.197. The number of hydrogen-bond donors (Lipinski definition) is 0. The minimum Gasteiger partial charge on any atom is -0.414 e. The second-order valence-electron chi connectivity index (χ2n) is 8.64. The van der Waals surface area contributed by atoms with Crippen LogP contribution in [0.15, 0.2) is 0 Å². The summed E-state index contributed by atoms with van der Waals surface area (Å²) in [7, 11) is -5.71. The van der Waals surface area contributed by atoms with Crippen molar-refractivity contribution in [2.75, 3.05) is 12.9 Å². The Morgan fingerprint density at radius 1 is 1.31 bits per heavy atom. The second kappa shape index (κ2) is 8.69. The normalized spacial score (nSPS) is 32.0. The molecule has 1 fully saturated rings. The molecule has 0 spiro atoms. The van der Waals surface area contributed by atoms with E-state index in [2.05, 4.69) is 15.9 Å². The molecule has 0 amide bonds. The molecule has 0 bridgehead atoms. The fourth-order valence-corrected chi connectivity index (χ4v) is 6.06. The van der Waals surface area contributed by atoms with Crippen LogP contribution in [0.25, 0.3) is 0 Å². The van der Waals surface area contributed by atoms with Crippen LogP contribution in [0.3, 0.4) is 0 Å². The maximum atomic E-state index is 12.0. The molecule has 0 aliphatic carbocycles. The third-order valence-corrected chi connectivity index (χ3v) is 8.11. The van der Waals surface area contributed by atoms with Gasteiger partial charge >= 0.3 is 0 Å². The average Bonchev–Trinajstić information content (AvgIpc) is 2.76. The number of ether oxygens (including phenoxy) is 1. The van der Waals surface area contributed by atoms with Crippen molar-refractivity contribution in [3.8, 4) is 0 Å². The van der Waals surface area contributed by atoms with Gasteiger partial charge in [-0.05, 0) is 32.5 Å². The van der Waals surface area contributed by atoms with Gasteiger partial charge in [-0.3, -0.25) is 4.18 Å². The minimum absolute atomic E-state index is 0.0803. The molecule has 0 aromatic carbocycles. The van der Waals surface area contributed by atoms with Crippen LogP contribution in [0.1, 0.15) is 27.7 Å². The first-order valence-corrected chi connectivity index (χ1v) is 15.1. The van der Waals surface area contributed by atoms with Crippen LogP contribution in [-0.2, 0) is 28.3 Å². The largest absolute Gasteiger partial charge is 0.414 e. The second-order valence-corrected chi connectivity index (χ2v) is 15.7. The lowest BCUT2D eigenvalue weighted by Gasteiger charge is -2.43. The molecule has 9 heteroatoms. The van der Waals surface area contributed by atoms with E-state index in [4.69, 9.17) is 13.3 Å². The van der Waals surface area contributed by atoms with Crippen molar-refractivity contribution in [2.24, 2.45) is 17.8 Å². The van der Waals surface area contributed by atoms with E-state index in [0.29, 0.717) is 6.61 Å². The van der Waals surface area contributed by atoms with Gasteiger partial charge < -0.3 is 14.0 Å². The van der Waals surface area contributed by atoms with E-state index in [1.807, 2.05) is 40.4 Å². The topological polar surface area (TPSA) is 78.9 Å². The first kappa shape index (κ1) is 24.2. The van der Waals surface area contributed by atoms with Gasteiger partial charge in [0, 0.05) is 11.8 Å². The van der Waals surface area contributed by atoms with Gasteiger partial charge in [0.25, 0.3) is 10.1 Å². The first-order chi connectivity index (χ1) is 11.6. The SMILES string of the molecule is C[C@@H]([C@H](O[Si](C)(C)C)[C@@H](C)C=O)[C@@H](OS(C)(=O)=O)[C@@]1(C)OC[C@@H](C)[C@@H]1Br. The highest BCUT2D eigenvalue weighted by molar-refractivity contribution is 9.09. The third kappa shape index (κ3) is 6.10. The molecule has 0 aromatic rings. The number of hydrogen-bond acceptors (Lipinski definition) is 6. The smallest absolute Gasteiger partial charge is 0.264 e. The lowest BCUT2D eigenvalue weighted by atomic mass is 9.80. The van der Waals surface area contributed by atoms with Gasteiger partial charge in [-0.15, -0.1) is 0 Å². The first-order valence-electron chi connectivity index (χ1n) is 8.91. The Balaban J connectivity index is 3.32. The van der Waals surface area contributed by atoms with Crippen LogP contribution < -0.4 is 0 Å². The maximum Gasteiger partial charge on any atom is 0.264 e. The predicted octanol–water partition coefficient (Wildman–Crippen LogP) is 3.21. The van der Waals surface area contributed by atoms with Crippen molar-refractivity contribution in [1.82, 2.24) is 0 Å². The number of aldehydes is 1. The van der Waals surface area contributed by atoms with E-state index in [0.717, 1.165) is 12.5 Å². The summed E-state index contributed by atoms with van der Waals surface area (Å²) in [5, 5.41) is 0. The van der Waals surface area contributed by atoms with Crippen molar-refractivity contribution < 1.29 is 26.6 Å². The van der Waals surface area contributed by atoms with Crippen LogP contribution in [0, 0.1) is 17.8 Å². The molecule has 1 aliphatic rings. The van der Waals surface area contributed by atoms with Gasteiger partial charge in [0.2, 0.25) is 0 Å². The lowest BCUT2D eigenvalue weighted by molar-refractivity contribution is -0.122. The molecule has 6 nitrogen and oxygen atoms in total. The molecular formula is C17H33BrO6SSi. The van der Waals surface area contributed by atoms with Crippen molar-refractivity contribution in [3.05, 3.63) is 0 Å². The Kier molecular flexibility index (Phi) is 8.10. The number of alkyl halides is 1. The summed E-state index contributed by atoms with van der Waals surface area (Å²) in [6.07, 6.45) is 0.651. The van der Waals surface area contributed by atoms with Crippen LogP contribution >= 0.6 is 15.9 Å². The summed E-state index contributed by atoms with van der Waals surface area (Å²) < 4.78 is 41.8. The lowest BCUT2D eigenvalue weighted by Crippen LogP contribution is -2.56. The standard InChI is InChI=1S/C17H33BrO6SSi/c1-11(9-19)14(24-26(6,7)8)13(3)16(23-25(5,20)21)17(4)15(18)12(2)10-22-17/h9,11-16H,10H2,1-8H3/t11-,12+,13-,14+,15-,16+,17-/m0/s1. The zero-order valence-corrected chi connectivity index (χ0v) is 20.4. The van der Waals surface area contributed by atoms with E-state index in [1.54, 1.807) is 6.92 Å².